The van der Waals surface area contributed by atoms with Crippen molar-refractivity contribution in [3.05, 3.63) is 81.1 Å². The molecule has 0 radical (unpaired) electrons. The predicted molar refractivity (Wildman–Crippen MR) is 123 cm³/mol. The molecule has 2 atom stereocenters. The van der Waals surface area contributed by atoms with Crippen LogP contribution in [0, 0.1) is 19.7 Å². The molecule has 170 valence electrons. The Bertz CT molecular complexity index is 1090. The Kier molecular flexibility index (Phi) is 8.64. The zero-order valence-electron chi connectivity index (χ0n) is 17.4. The van der Waals surface area contributed by atoms with Crippen molar-refractivity contribution < 1.29 is 14.3 Å². The summed E-state index contributed by atoms with van der Waals surface area (Å²) in [5.41, 5.74) is 4.40. The van der Waals surface area contributed by atoms with Gasteiger partial charge in [-0.3, -0.25) is 5.32 Å². The Hall–Kier alpha value is -2.00. The van der Waals surface area contributed by atoms with E-state index < -0.39 is 12.0 Å². The van der Waals surface area contributed by atoms with Gasteiger partial charge in [-0.25, -0.2) is 14.4 Å². The van der Waals surface area contributed by atoms with Crippen LogP contribution in [-0.4, -0.2) is 27.1 Å². The Morgan fingerprint density at radius 2 is 1.91 bits per heavy atom. The molecular weight excluding hydrogens is 478 g/mol. The lowest BCUT2D eigenvalue weighted by Gasteiger charge is -2.25. The highest BCUT2D eigenvalue weighted by molar-refractivity contribution is 6.31. The molecule has 0 fully saturated rings. The lowest BCUT2D eigenvalue weighted by atomic mass is 10.0. The number of nitrogens with one attached hydrogen (secondary N) is 2. The number of halogens is 4. The molecule has 1 aromatic heterocycles. The molecule has 0 saturated carbocycles. The molecule has 3 rings (SSSR count). The molecule has 0 spiro atoms. The first kappa shape index (κ1) is 24.6. The zero-order chi connectivity index (χ0) is 23.3. The fourth-order valence-corrected chi connectivity index (χ4v) is 3.77. The molecule has 32 heavy (non-hydrogen) atoms. The molecule has 0 unspecified atom stereocenters. The second kappa shape index (κ2) is 11.2. The first-order valence-corrected chi connectivity index (χ1v) is 11.0. The Morgan fingerprint density at radius 3 is 2.59 bits per heavy atom. The summed E-state index contributed by atoms with van der Waals surface area (Å²) < 4.78 is 20.0. The van der Waals surface area contributed by atoms with Crippen LogP contribution >= 0.6 is 34.8 Å². The van der Waals surface area contributed by atoms with E-state index in [-0.39, 0.29) is 34.1 Å². The number of rotatable bonds is 9. The average molecular weight is 500 g/mol. The third-order valence-electron chi connectivity index (χ3n) is 4.71. The lowest BCUT2D eigenvalue weighted by molar-refractivity contribution is 0.101. The third-order valence-corrected chi connectivity index (χ3v) is 5.72. The third kappa shape index (κ3) is 6.07. The summed E-state index contributed by atoms with van der Waals surface area (Å²) in [6, 6.07) is 9.90. The molecule has 0 bridgehead atoms. The van der Waals surface area contributed by atoms with Gasteiger partial charge in [0.2, 0.25) is 0 Å². The van der Waals surface area contributed by atoms with Crippen molar-refractivity contribution in [2.45, 2.75) is 32.5 Å². The van der Waals surface area contributed by atoms with Crippen LogP contribution in [0.4, 0.5) is 4.39 Å². The summed E-state index contributed by atoms with van der Waals surface area (Å²) in [7, 11) is 0. The highest BCUT2D eigenvalue weighted by Crippen LogP contribution is 2.32. The van der Waals surface area contributed by atoms with Crippen LogP contribution in [0.1, 0.15) is 28.8 Å². The molecule has 3 aromatic rings. The van der Waals surface area contributed by atoms with Gasteiger partial charge in [0.05, 0.1) is 11.2 Å². The number of aromatic nitrogens is 2. The quantitative estimate of drug-likeness (QED) is 0.198. The van der Waals surface area contributed by atoms with Crippen LogP contribution in [0.5, 0.6) is 11.5 Å². The van der Waals surface area contributed by atoms with Crippen molar-refractivity contribution in [2.24, 2.45) is 0 Å². The van der Waals surface area contributed by atoms with Crippen molar-refractivity contribution in [1.82, 2.24) is 20.8 Å². The summed E-state index contributed by atoms with van der Waals surface area (Å²) in [5.74, 6) is -0.00790. The van der Waals surface area contributed by atoms with Gasteiger partial charge in [0, 0.05) is 16.9 Å². The van der Waals surface area contributed by atoms with Crippen molar-refractivity contribution >= 4 is 34.8 Å². The minimum absolute atomic E-state index is 0.0794. The van der Waals surface area contributed by atoms with Gasteiger partial charge in [0.15, 0.2) is 17.3 Å². The minimum atomic E-state index is -0.887. The number of benzene rings is 2. The number of aryl methyl sites for hydroxylation is 2. The van der Waals surface area contributed by atoms with E-state index in [9.17, 15) is 9.60 Å². The highest BCUT2D eigenvalue weighted by Gasteiger charge is 2.23. The fourth-order valence-electron chi connectivity index (χ4n) is 3.10. The monoisotopic (exact) mass is 498 g/mol. The summed E-state index contributed by atoms with van der Waals surface area (Å²) >= 11 is 18.4. The summed E-state index contributed by atoms with van der Waals surface area (Å²) in [4.78, 5) is 8.49. The van der Waals surface area contributed by atoms with E-state index in [1.807, 2.05) is 25.1 Å². The summed E-state index contributed by atoms with van der Waals surface area (Å²) in [6.45, 7) is 3.65. The van der Waals surface area contributed by atoms with Gasteiger partial charge >= 0.3 is 0 Å². The van der Waals surface area contributed by atoms with Gasteiger partial charge in [-0.2, -0.15) is 5.48 Å². The largest absolute Gasteiger partial charge is 0.451 e. The average Bonchev–Trinajstić information content (AvgIpc) is 2.77. The number of hydrogen-bond acceptors (Lipinski definition) is 6. The Morgan fingerprint density at radius 1 is 1.12 bits per heavy atom. The van der Waals surface area contributed by atoms with E-state index in [0.29, 0.717) is 17.3 Å². The molecule has 0 aliphatic rings. The van der Waals surface area contributed by atoms with Crippen molar-refractivity contribution in [3.63, 3.8) is 0 Å². The second-order valence-electron chi connectivity index (χ2n) is 7.20. The number of alkyl halides is 1. The molecule has 0 aliphatic carbocycles. The van der Waals surface area contributed by atoms with E-state index in [1.54, 1.807) is 13.0 Å². The molecule has 0 aliphatic heterocycles. The van der Waals surface area contributed by atoms with Gasteiger partial charge in [-0.1, -0.05) is 41.4 Å². The first-order chi connectivity index (χ1) is 15.3. The molecule has 10 heteroatoms. The maximum absolute atomic E-state index is 14.3. The molecule has 2 aromatic carbocycles. The smallest absolute Gasteiger partial charge is 0.184 e. The maximum Gasteiger partial charge on any atom is 0.184 e. The highest BCUT2D eigenvalue weighted by atomic mass is 35.5. The van der Waals surface area contributed by atoms with Crippen LogP contribution < -0.4 is 15.5 Å². The van der Waals surface area contributed by atoms with Crippen molar-refractivity contribution in [3.8, 4) is 11.5 Å². The molecule has 3 N–H and O–H groups in total. The maximum atomic E-state index is 14.3. The van der Waals surface area contributed by atoms with Gasteiger partial charge < -0.3 is 9.94 Å². The second-order valence-corrected chi connectivity index (χ2v) is 8.32. The van der Waals surface area contributed by atoms with Gasteiger partial charge in [0.1, 0.15) is 17.7 Å². The SMILES string of the molecule is Cc1ccc(C[C@H](CCl)N[C@H](NO)c2nc(C)ncc2Oc2cccc(Cl)c2F)c(Cl)c1. The molecule has 6 nitrogen and oxygen atoms in total. The van der Waals surface area contributed by atoms with Crippen LogP contribution in [0.2, 0.25) is 10.0 Å². The number of hydroxylamine groups is 1. The molecular formula is C22H22Cl3FN4O2. The molecule has 1 heterocycles. The van der Waals surface area contributed by atoms with Crippen LogP contribution in [-0.2, 0) is 6.42 Å². The summed E-state index contributed by atoms with van der Waals surface area (Å²) in [5, 5.41) is 13.6. The van der Waals surface area contributed by atoms with E-state index in [4.69, 9.17) is 39.5 Å². The fraction of sp³-hybridized carbons (Fsp3) is 0.273. The van der Waals surface area contributed by atoms with Crippen LogP contribution in [0.3, 0.4) is 0 Å². The van der Waals surface area contributed by atoms with Crippen LogP contribution in [0.25, 0.3) is 0 Å². The molecule has 0 saturated heterocycles. The Labute approximate surface area is 200 Å². The summed E-state index contributed by atoms with van der Waals surface area (Å²) in [6.07, 6.45) is 1.02. The van der Waals surface area contributed by atoms with Crippen molar-refractivity contribution in [1.29, 1.82) is 0 Å². The number of nitrogens with zero attached hydrogens (tertiary/aromatic N) is 2. The van der Waals surface area contributed by atoms with E-state index >= 15 is 0 Å². The number of ether oxygens (including phenoxy) is 1. The minimum Gasteiger partial charge on any atom is -0.451 e. The molecule has 0 amide bonds. The topological polar surface area (TPSA) is 79.3 Å². The Balaban J connectivity index is 1.86. The van der Waals surface area contributed by atoms with Gasteiger partial charge in [-0.05, 0) is 49.6 Å². The van der Waals surface area contributed by atoms with Gasteiger partial charge in [0.25, 0.3) is 0 Å². The normalized spacial score (nSPS) is 13.1. The standard InChI is InChI=1S/C22H22Cl3FN4O2/c1-12-6-7-14(17(25)8-12)9-15(10-23)29-22(30-31)21-19(11-27-13(2)28-21)32-18-5-3-4-16(24)20(18)26/h3-8,11,15,22,29-31H,9-10H2,1-2H3/t15-,22-/m1/s1. The first-order valence-electron chi connectivity index (χ1n) is 9.74. The van der Waals surface area contributed by atoms with E-state index in [1.165, 1.54) is 18.3 Å². The van der Waals surface area contributed by atoms with Crippen LogP contribution in [0.15, 0.2) is 42.6 Å². The van der Waals surface area contributed by atoms with Gasteiger partial charge in [-0.15, -0.1) is 11.6 Å². The van der Waals surface area contributed by atoms with Crippen molar-refractivity contribution in [2.75, 3.05) is 5.88 Å². The number of hydrogen-bond donors (Lipinski definition) is 3. The predicted octanol–water partition coefficient (Wildman–Crippen LogP) is 5.75. The van der Waals surface area contributed by atoms with E-state index in [2.05, 4.69) is 20.8 Å². The zero-order valence-corrected chi connectivity index (χ0v) is 19.6. The lowest BCUT2D eigenvalue weighted by Crippen LogP contribution is -2.42. The van der Waals surface area contributed by atoms with E-state index in [0.717, 1.165) is 11.1 Å².